The van der Waals surface area contributed by atoms with E-state index in [-0.39, 0.29) is 11.6 Å². The Labute approximate surface area is 125 Å². The van der Waals surface area contributed by atoms with Crippen LogP contribution < -0.4 is 5.32 Å². The van der Waals surface area contributed by atoms with Gasteiger partial charge in [-0.2, -0.15) is 0 Å². The molecular weight excluding hydrogens is 268 g/mol. The zero-order valence-electron chi connectivity index (χ0n) is 12.9. The quantitative estimate of drug-likeness (QED) is 0.411. The minimum atomic E-state index is -0.456. The fourth-order valence-corrected chi connectivity index (χ4v) is 2.14. The van der Waals surface area contributed by atoms with Crippen molar-refractivity contribution in [2.45, 2.75) is 58.8 Å². The highest BCUT2D eigenvalue weighted by molar-refractivity contribution is 5.91. The monoisotopic (exact) mass is 292 g/mol. The van der Waals surface area contributed by atoms with Crippen LogP contribution in [-0.4, -0.2) is 10.8 Å². The Hall–Kier alpha value is -1.91. The standard InChI is InChI=1S/C16H24N2O3/c1-3-4-5-6-7-8-9-16(19)17-15-12-14(18(20)21)11-10-13(15)2/h10-12H,3-9H2,1-2H3,(H,17,19). The van der Waals surface area contributed by atoms with Crippen LogP contribution in [0.2, 0.25) is 0 Å². The van der Waals surface area contributed by atoms with E-state index in [2.05, 4.69) is 12.2 Å². The number of nitro groups is 1. The third-order valence-corrected chi connectivity index (χ3v) is 3.46. The number of unbranched alkanes of at least 4 members (excludes halogenated alkanes) is 5. The summed E-state index contributed by atoms with van der Waals surface area (Å²) in [6, 6.07) is 4.51. The molecule has 1 amide bonds. The molecule has 1 rings (SSSR count). The molecule has 0 saturated heterocycles. The molecule has 0 aliphatic rings. The lowest BCUT2D eigenvalue weighted by atomic mass is 10.1. The van der Waals surface area contributed by atoms with Crippen molar-refractivity contribution >= 4 is 17.3 Å². The van der Waals surface area contributed by atoms with Crippen LogP contribution in [0.5, 0.6) is 0 Å². The summed E-state index contributed by atoms with van der Waals surface area (Å²) in [6.45, 7) is 4.00. The first-order valence-corrected chi connectivity index (χ1v) is 7.59. The Morgan fingerprint density at radius 1 is 1.19 bits per heavy atom. The van der Waals surface area contributed by atoms with Gasteiger partial charge in [0.2, 0.25) is 5.91 Å². The van der Waals surface area contributed by atoms with Gasteiger partial charge >= 0.3 is 0 Å². The van der Waals surface area contributed by atoms with E-state index >= 15 is 0 Å². The topological polar surface area (TPSA) is 72.2 Å². The fourth-order valence-electron chi connectivity index (χ4n) is 2.14. The van der Waals surface area contributed by atoms with E-state index in [1.807, 2.05) is 6.92 Å². The van der Waals surface area contributed by atoms with Gasteiger partial charge in [0.1, 0.15) is 0 Å². The maximum absolute atomic E-state index is 11.9. The summed E-state index contributed by atoms with van der Waals surface area (Å²) < 4.78 is 0. The summed E-state index contributed by atoms with van der Waals surface area (Å²) in [5.74, 6) is -0.0749. The first-order chi connectivity index (χ1) is 10.0. The van der Waals surface area contributed by atoms with Crippen molar-refractivity contribution in [2.24, 2.45) is 0 Å². The molecule has 0 radical (unpaired) electrons. The van der Waals surface area contributed by atoms with Crippen molar-refractivity contribution in [1.29, 1.82) is 0 Å². The Morgan fingerprint density at radius 2 is 1.86 bits per heavy atom. The van der Waals surface area contributed by atoms with Crippen LogP contribution >= 0.6 is 0 Å². The van der Waals surface area contributed by atoms with Crippen molar-refractivity contribution in [3.63, 3.8) is 0 Å². The van der Waals surface area contributed by atoms with Gasteiger partial charge in [-0.15, -0.1) is 0 Å². The molecular formula is C16H24N2O3. The van der Waals surface area contributed by atoms with Crippen molar-refractivity contribution in [2.75, 3.05) is 5.32 Å². The van der Waals surface area contributed by atoms with E-state index in [1.54, 1.807) is 6.07 Å². The average molecular weight is 292 g/mol. The zero-order valence-corrected chi connectivity index (χ0v) is 12.9. The third kappa shape index (κ3) is 6.38. The lowest BCUT2D eigenvalue weighted by Gasteiger charge is -2.08. The van der Waals surface area contributed by atoms with Crippen molar-refractivity contribution in [3.8, 4) is 0 Å². The minimum absolute atomic E-state index is 0.00420. The summed E-state index contributed by atoms with van der Waals surface area (Å²) in [5.41, 5.74) is 1.35. The van der Waals surface area contributed by atoms with Gasteiger partial charge in [-0.3, -0.25) is 14.9 Å². The molecule has 0 aliphatic heterocycles. The third-order valence-electron chi connectivity index (χ3n) is 3.46. The average Bonchev–Trinajstić information content (AvgIpc) is 2.44. The SMILES string of the molecule is CCCCCCCCC(=O)Nc1cc([N+](=O)[O-])ccc1C. The second-order valence-electron chi connectivity index (χ2n) is 5.32. The number of benzene rings is 1. The number of hydrogen-bond donors (Lipinski definition) is 1. The number of aryl methyl sites for hydroxylation is 1. The molecule has 0 fully saturated rings. The Morgan fingerprint density at radius 3 is 2.52 bits per heavy atom. The van der Waals surface area contributed by atoms with Crippen LogP contribution in [0.1, 0.15) is 57.4 Å². The molecule has 1 N–H and O–H groups in total. The number of anilines is 1. The van der Waals surface area contributed by atoms with Crippen LogP contribution in [0.15, 0.2) is 18.2 Å². The van der Waals surface area contributed by atoms with E-state index in [1.165, 1.54) is 31.4 Å². The van der Waals surface area contributed by atoms with E-state index < -0.39 is 4.92 Å². The number of carbonyl (C=O) groups excluding carboxylic acids is 1. The van der Waals surface area contributed by atoms with Crippen molar-refractivity contribution in [1.82, 2.24) is 0 Å². The largest absolute Gasteiger partial charge is 0.326 e. The Kier molecular flexibility index (Phi) is 7.43. The molecule has 5 nitrogen and oxygen atoms in total. The molecule has 1 aromatic carbocycles. The Balaban J connectivity index is 2.40. The van der Waals surface area contributed by atoms with Gasteiger partial charge in [0.15, 0.2) is 0 Å². The highest BCUT2D eigenvalue weighted by atomic mass is 16.6. The molecule has 0 spiro atoms. The predicted molar refractivity (Wildman–Crippen MR) is 84.5 cm³/mol. The zero-order chi connectivity index (χ0) is 15.7. The van der Waals surface area contributed by atoms with Crippen LogP contribution in [-0.2, 0) is 4.79 Å². The number of non-ortho nitro benzene ring substituents is 1. The molecule has 116 valence electrons. The van der Waals surface area contributed by atoms with Crippen molar-refractivity contribution in [3.05, 3.63) is 33.9 Å². The van der Waals surface area contributed by atoms with E-state index in [0.29, 0.717) is 12.1 Å². The summed E-state index contributed by atoms with van der Waals surface area (Å²) in [7, 11) is 0. The summed E-state index contributed by atoms with van der Waals surface area (Å²) in [6.07, 6.45) is 7.24. The van der Waals surface area contributed by atoms with Gasteiger partial charge in [0, 0.05) is 18.6 Å². The number of amides is 1. The molecule has 5 heteroatoms. The molecule has 0 atom stereocenters. The molecule has 0 saturated carbocycles. The second kappa shape index (κ2) is 9.10. The second-order valence-corrected chi connectivity index (χ2v) is 5.32. The Bertz CT molecular complexity index is 486. The molecule has 21 heavy (non-hydrogen) atoms. The smallest absolute Gasteiger partial charge is 0.271 e. The van der Waals surface area contributed by atoms with Gasteiger partial charge < -0.3 is 5.32 Å². The van der Waals surface area contributed by atoms with E-state index in [4.69, 9.17) is 0 Å². The summed E-state index contributed by atoms with van der Waals surface area (Å²) >= 11 is 0. The highest BCUT2D eigenvalue weighted by Crippen LogP contribution is 2.22. The van der Waals surface area contributed by atoms with Gasteiger partial charge in [-0.1, -0.05) is 45.1 Å². The number of hydrogen-bond acceptors (Lipinski definition) is 3. The fraction of sp³-hybridized carbons (Fsp3) is 0.562. The lowest BCUT2D eigenvalue weighted by molar-refractivity contribution is -0.384. The molecule has 0 heterocycles. The molecule has 0 bridgehead atoms. The summed E-state index contributed by atoms with van der Waals surface area (Å²) in [4.78, 5) is 22.1. The molecule has 0 aliphatic carbocycles. The summed E-state index contributed by atoms with van der Waals surface area (Å²) in [5, 5.41) is 13.5. The van der Waals surface area contributed by atoms with E-state index in [9.17, 15) is 14.9 Å². The van der Waals surface area contributed by atoms with Gasteiger partial charge in [0.25, 0.3) is 5.69 Å². The number of nitrogens with zero attached hydrogens (tertiary/aromatic N) is 1. The lowest BCUT2D eigenvalue weighted by Crippen LogP contribution is -2.12. The number of rotatable bonds is 9. The minimum Gasteiger partial charge on any atom is -0.326 e. The predicted octanol–water partition coefficient (Wildman–Crippen LogP) is 4.59. The molecule has 1 aromatic rings. The number of nitrogens with one attached hydrogen (secondary N) is 1. The van der Waals surface area contributed by atoms with Crippen LogP contribution in [0.25, 0.3) is 0 Å². The normalized spacial score (nSPS) is 10.4. The van der Waals surface area contributed by atoms with Crippen LogP contribution in [0.4, 0.5) is 11.4 Å². The first kappa shape index (κ1) is 17.1. The first-order valence-electron chi connectivity index (χ1n) is 7.59. The van der Waals surface area contributed by atoms with Gasteiger partial charge in [0.05, 0.1) is 10.6 Å². The number of nitro benzene ring substituents is 1. The highest BCUT2D eigenvalue weighted by Gasteiger charge is 2.10. The van der Waals surface area contributed by atoms with Crippen LogP contribution in [0, 0.1) is 17.0 Å². The molecule has 0 aromatic heterocycles. The van der Waals surface area contributed by atoms with Gasteiger partial charge in [-0.05, 0) is 18.9 Å². The maximum Gasteiger partial charge on any atom is 0.271 e. The maximum atomic E-state index is 11.9. The number of carbonyl (C=O) groups is 1. The van der Waals surface area contributed by atoms with Gasteiger partial charge in [-0.25, -0.2) is 0 Å². The van der Waals surface area contributed by atoms with Crippen LogP contribution in [0.3, 0.4) is 0 Å². The van der Waals surface area contributed by atoms with E-state index in [0.717, 1.165) is 24.8 Å². The van der Waals surface area contributed by atoms with Crippen molar-refractivity contribution < 1.29 is 9.72 Å². The molecule has 0 unspecified atom stereocenters.